The van der Waals surface area contributed by atoms with Crippen molar-refractivity contribution in [2.45, 2.75) is 18.5 Å². The van der Waals surface area contributed by atoms with Crippen LogP contribution in [0, 0.1) is 0 Å². The molecular formula is C6Br13O. The fourth-order valence-electron chi connectivity index (χ4n) is 0.755. The fraction of sp³-hybridized carbons (Fsp3) is 1.00. The monoisotopic (exact) mass is 1110 g/mol. The Balaban J connectivity index is 6.08. The maximum absolute atomic E-state index is 13.1. The molecule has 0 aromatic rings. The molecule has 0 aliphatic rings. The molecule has 0 aromatic heterocycles. The molecule has 0 aromatic carbocycles. The minimum absolute atomic E-state index is 0.809. The first-order valence-corrected chi connectivity index (χ1v) is 14.2. The van der Waals surface area contributed by atoms with Gasteiger partial charge in [0.05, 0.1) is 0 Å². The zero-order valence-corrected chi connectivity index (χ0v) is 28.9. The van der Waals surface area contributed by atoms with E-state index in [0.717, 1.165) is 0 Å². The van der Waals surface area contributed by atoms with Crippen molar-refractivity contribution in [3.05, 3.63) is 0 Å². The lowest BCUT2D eigenvalue weighted by molar-refractivity contribution is 0.0647. The van der Waals surface area contributed by atoms with Crippen LogP contribution in [0.25, 0.3) is 0 Å². The van der Waals surface area contributed by atoms with Crippen molar-refractivity contribution >= 4 is 207 Å². The zero-order chi connectivity index (χ0) is 17.0. The Morgan fingerprint density at radius 3 is 0.900 bits per heavy atom. The smallest absolute Gasteiger partial charge is 0.211 e. The number of alkyl halides is 13. The first-order valence-electron chi connectivity index (χ1n) is 3.91. The molecule has 0 N–H and O–H groups in total. The topological polar surface area (TPSA) is 19.9 Å². The van der Waals surface area contributed by atoms with Crippen molar-refractivity contribution in [2.75, 3.05) is 0 Å². The van der Waals surface area contributed by atoms with Gasteiger partial charge in [0, 0.05) is 0 Å². The van der Waals surface area contributed by atoms with Gasteiger partial charge in [-0.05, 0) is 15.9 Å². The second-order valence-electron chi connectivity index (χ2n) is 3.31. The summed E-state index contributed by atoms with van der Waals surface area (Å²) >= 11 is 44.3. The number of hydrogen-bond donors (Lipinski definition) is 0. The van der Waals surface area contributed by atoms with Gasteiger partial charge in [-0.15, -0.1) is 0 Å². The van der Waals surface area contributed by atoms with Gasteiger partial charge in [0.25, 0.3) is 0 Å². The molecule has 0 bridgehead atoms. The van der Waals surface area contributed by atoms with Crippen LogP contribution in [0.3, 0.4) is 0 Å². The summed E-state index contributed by atoms with van der Waals surface area (Å²) in [5.41, 5.74) is 0. The second kappa shape index (κ2) is 8.29. The summed E-state index contributed by atoms with van der Waals surface area (Å²) in [6, 6.07) is 0. The average Bonchev–Trinajstić information content (AvgIpc) is 2.12. The summed E-state index contributed by atoms with van der Waals surface area (Å²) in [5, 5.41) is 13.1. The van der Waals surface area contributed by atoms with E-state index in [4.69, 9.17) is 0 Å². The van der Waals surface area contributed by atoms with Crippen molar-refractivity contribution in [3.63, 3.8) is 0 Å². The molecule has 0 saturated carbocycles. The van der Waals surface area contributed by atoms with Gasteiger partial charge < -0.3 is 0 Å². The maximum atomic E-state index is 13.1. The normalized spacial score (nSPS) is 18.9. The van der Waals surface area contributed by atoms with Crippen LogP contribution >= 0.6 is 207 Å². The van der Waals surface area contributed by atoms with E-state index in [1.165, 1.54) is 0 Å². The predicted molar refractivity (Wildman–Crippen MR) is 133 cm³/mol. The van der Waals surface area contributed by atoms with Crippen LogP contribution in [0.1, 0.15) is 0 Å². The summed E-state index contributed by atoms with van der Waals surface area (Å²) in [6.07, 6.45) is 0. The molecule has 1 atom stereocenters. The van der Waals surface area contributed by atoms with E-state index in [-0.39, 0.29) is 0 Å². The van der Waals surface area contributed by atoms with Gasteiger partial charge >= 0.3 is 0 Å². The molecule has 14 heteroatoms. The fourth-order valence-corrected chi connectivity index (χ4v) is 10.6. The largest absolute Gasteiger partial charge is 0.219 e. The van der Waals surface area contributed by atoms with Crippen LogP contribution in [-0.2, 0) is 5.11 Å². The summed E-state index contributed by atoms with van der Waals surface area (Å²) < 4.78 is -7.11. The molecule has 0 heterocycles. The Hall–Kier alpha value is 6.20. The van der Waals surface area contributed by atoms with Crippen LogP contribution in [-0.4, -0.2) is 18.5 Å². The van der Waals surface area contributed by atoms with Crippen LogP contribution in [0.4, 0.5) is 0 Å². The summed E-state index contributed by atoms with van der Waals surface area (Å²) in [6.45, 7) is 0. The third-order valence-electron chi connectivity index (χ3n) is 1.91. The van der Waals surface area contributed by atoms with E-state index < -0.39 is 18.5 Å². The van der Waals surface area contributed by atoms with Crippen molar-refractivity contribution in [1.82, 2.24) is 0 Å². The van der Waals surface area contributed by atoms with Gasteiger partial charge in [-0.25, -0.2) is 5.11 Å². The first kappa shape index (κ1) is 26.2. The molecule has 0 fully saturated rings. The molecule has 1 nitrogen and oxygen atoms in total. The molecule has 0 aliphatic heterocycles. The Morgan fingerprint density at radius 1 is 0.400 bits per heavy atom. The van der Waals surface area contributed by atoms with Gasteiger partial charge in [0.1, 0.15) is 6.47 Å². The minimum atomic E-state index is -1.83. The maximum Gasteiger partial charge on any atom is 0.219 e. The van der Waals surface area contributed by atoms with Gasteiger partial charge in [0.2, 0.25) is 4.51 Å². The Bertz CT molecular complexity index is 324. The number of halogens is 13. The van der Waals surface area contributed by atoms with Gasteiger partial charge in [0.15, 0.2) is 7.52 Å². The molecule has 20 heavy (non-hydrogen) atoms. The summed E-state index contributed by atoms with van der Waals surface area (Å²) in [4.78, 5) is 0. The molecule has 0 spiro atoms. The van der Waals surface area contributed by atoms with Crippen molar-refractivity contribution in [2.24, 2.45) is 0 Å². The lowest BCUT2D eigenvalue weighted by atomic mass is 10.1. The molecule has 0 amide bonds. The molecule has 121 valence electrons. The van der Waals surface area contributed by atoms with Crippen LogP contribution in [0.2, 0.25) is 0 Å². The highest BCUT2D eigenvalue weighted by Gasteiger charge is 2.74. The van der Waals surface area contributed by atoms with E-state index in [1.807, 2.05) is 0 Å². The molecule has 0 aliphatic carbocycles. The Labute approximate surface area is 226 Å². The van der Waals surface area contributed by atoms with Crippen molar-refractivity contribution < 1.29 is 5.11 Å². The second-order valence-corrected chi connectivity index (χ2v) is 28.3. The standard InChI is InChI=1S/C6Br13O/c7-1(8,3(11,12)5(14,15)16)2(9,10)4(13,20)6(17,18)19. The van der Waals surface area contributed by atoms with Gasteiger partial charge in [-0.1, -0.05) is 191 Å². The quantitative estimate of drug-likeness (QED) is 0.251. The molecular weight excluding hydrogens is 1130 g/mol. The lowest BCUT2D eigenvalue weighted by Gasteiger charge is -2.51. The van der Waals surface area contributed by atoms with Crippen LogP contribution < -0.4 is 0 Å². The van der Waals surface area contributed by atoms with Crippen LogP contribution in [0.15, 0.2) is 0 Å². The SMILES string of the molecule is [O]C(Br)(C(Br)(Br)Br)C(Br)(Br)C(Br)(Br)C(Br)(Br)C(Br)(Br)Br. The highest BCUT2D eigenvalue weighted by Crippen LogP contribution is 2.73. The highest BCUT2D eigenvalue weighted by molar-refractivity contribution is 9.42. The number of hydrogen-bond acceptors (Lipinski definition) is 0. The third-order valence-corrected chi connectivity index (χ3v) is 23.7. The average molecular weight is 1130 g/mol. The highest BCUT2D eigenvalue weighted by atomic mass is 80.0. The summed E-state index contributed by atoms with van der Waals surface area (Å²) in [7, 11) is 0. The first-order chi connectivity index (χ1) is 8.25. The van der Waals surface area contributed by atoms with E-state index in [2.05, 4.69) is 207 Å². The molecule has 1 radical (unpaired) electrons. The van der Waals surface area contributed by atoms with Gasteiger partial charge in [-0.2, -0.15) is 0 Å². The lowest BCUT2D eigenvalue weighted by Crippen LogP contribution is -2.64. The summed E-state index contributed by atoms with van der Waals surface area (Å²) in [5.74, 6) is 0. The Morgan fingerprint density at radius 2 is 0.700 bits per heavy atom. The molecule has 1 unspecified atom stereocenters. The van der Waals surface area contributed by atoms with E-state index in [1.54, 1.807) is 0 Å². The van der Waals surface area contributed by atoms with E-state index >= 15 is 0 Å². The zero-order valence-electron chi connectivity index (χ0n) is 8.32. The van der Waals surface area contributed by atoms with E-state index in [9.17, 15) is 5.11 Å². The van der Waals surface area contributed by atoms with Crippen LogP contribution in [0.5, 0.6) is 0 Å². The third kappa shape index (κ3) is 4.97. The predicted octanol–water partition coefficient (Wildman–Crippen LogP) is 9.64. The van der Waals surface area contributed by atoms with Gasteiger partial charge in [-0.3, -0.25) is 0 Å². The molecule has 0 rings (SSSR count). The Kier molecular flexibility index (Phi) is 10.9. The molecule has 0 saturated heterocycles. The van der Waals surface area contributed by atoms with E-state index in [0.29, 0.717) is 0 Å². The van der Waals surface area contributed by atoms with Crippen molar-refractivity contribution in [3.8, 4) is 0 Å². The van der Waals surface area contributed by atoms with Crippen molar-refractivity contribution in [1.29, 1.82) is 0 Å². The number of rotatable bonds is 3. The minimum Gasteiger partial charge on any atom is -0.211 e.